The molecule has 0 aliphatic heterocycles. The van der Waals surface area contributed by atoms with Gasteiger partial charge in [0.1, 0.15) is 0 Å². The highest BCUT2D eigenvalue weighted by molar-refractivity contribution is 4.88. The Morgan fingerprint density at radius 2 is 1.74 bits per heavy atom. The molecule has 114 valence electrons. The molecule has 0 heterocycles. The molecule has 0 aromatic carbocycles. The van der Waals surface area contributed by atoms with Crippen LogP contribution in [0.4, 0.5) is 0 Å². The number of rotatable bonds is 10. The molecule has 1 N–H and O–H groups in total. The average Bonchev–Trinajstić information content (AvgIpc) is 2.94. The fraction of sp³-hybridized carbons (Fsp3) is 1.00. The number of likely N-dealkylation sites (N-methyl/N-ethyl adjacent to an activating group) is 1. The van der Waals surface area contributed by atoms with Crippen LogP contribution in [0.1, 0.15) is 79.1 Å². The Kier molecular flexibility index (Phi) is 8.72. The van der Waals surface area contributed by atoms with Crippen LogP contribution in [0.3, 0.4) is 0 Å². The van der Waals surface area contributed by atoms with Gasteiger partial charge in [0.05, 0.1) is 0 Å². The highest BCUT2D eigenvalue weighted by atomic mass is 15.2. The Balaban J connectivity index is 2.67. The van der Waals surface area contributed by atoms with E-state index in [2.05, 4.69) is 37.9 Å². The molecule has 0 bridgehead atoms. The van der Waals surface area contributed by atoms with Gasteiger partial charge in [-0.3, -0.25) is 4.90 Å². The molecule has 2 nitrogen and oxygen atoms in total. The van der Waals surface area contributed by atoms with Gasteiger partial charge in [-0.15, -0.1) is 0 Å². The first-order chi connectivity index (χ1) is 9.28. The maximum Gasteiger partial charge on any atom is 0.0249 e. The van der Waals surface area contributed by atoms with Crippen molar-refractivity contribution in [1.29, 1.82) is 0 Å². The summed E-state index contributed by atoms with van der Waals surface area (Å²) >= 11 is 0. The van der Waals surface area contributed by atoms with E-state index in [1.165, 1.54) is 64.5 Å². The van der Waals surface area contributed by atoms with Crippen LogP contribution in [-0.4, -0.2) is 36.1 Å². The first-order valence-electron chi connectivity index (χ1n) is 8.77. The van der Waals surface area contributed by atoms with Crippen LogP contribution in [-0.2, 0) is 0 Å². The molecule has 1 saturated carbocycles. The lowest BCUT2D eigenvalue weighted by Crippen LogP contribution is -2.53. The highest BCUT2D eigenvalue weighted by Gasteiger charge is 2.30. The molecular weight excluding hydrogens is 232 g/mol. The topological polar surface area (TPSA) is 15.3 Å². The van der Waals surface area contributed by atoms with Crippen molar-refractivity contribution < 1.29 is 0 Å². The van der Waals surface area contributed by atoms with Gasteiger partial charge in [-0.05, 0) is 45.2 Å². The van der Waals surface area contributed by atoms with Gasteiger partial charge >= 0.3 is 0 Å². The van der Waals surface area contributed by atoms with Crippen molar-refractivity contribution in [3.05, 3.63) is 0 Å². The first kappa shape index (κ1) is 17.0. The second kappa shape index (κ2) is 9.77. The summed E-state index contributed by atoms with van der Waals surface area (Å²) in [6, 6.07) is 2.29. The van der Waals surface area contributed by atoms with Crippen LogP contribution >= 0.6 is 0 Å². The smallest absolute Gasteiger partial charge is 0.0249 e. The van der Waals surface area contributed by atoms with Gasteiger partial charge in [-0.25, -0.2) is 0 Å². The van der Waals surface area contributed by atoms with Gasteiger partial charge in [-0.2, -0.15) is 0 Å². The molecule has 2 unspecified atom stereocenters. The van der Waals surface area contributed by atoms with Gasteiger partial charge in [-0.1, -0.05) is 47.0 Å². The van der Waals surface area contributed by atoms with Crippen LogP contribution in [0.15, 0.2) is 0 Å². The van der Waals surface area contributed by atoms with E-state index in [1.54, 1.807) is 0 Å². The number of nitrogens with zero attached hydrogens (tertiary/aromatic N) is 1. The molecule has 19 heavy (non-hydrogen) atoms. The minimum absolute atomic E-state index is 0.690. The van der Waals surface area contributed by atoms with Gasteiger partial charge < -0.3 is 5.32 Å². The second-order valence-electron chi connectivity index (χ2n) is 6.09. The molecule has 0 aromatic rings. The third kappa shape index (κ3) is 5.07. The van der Waals surface area contributed by atoms with E-state index in [0.717, 1.165) is 12.1 Å². The van der Waals surface area contributed by atoms with E-state index < -0.39 is 0 Å². The van der Waals surface area contributed by atoms with Gasteiger partial charge in [0, 0.05) is 18.1 Å². The van der Waals surface area contributed by atoms with Gasteiger partial charge in [0.25, 0.3) is 0 Å². The van der Waals surface area contributed by atoms with Crippen molar-refractivity contribution in [3.63, 3.8) is 0 Å². The molecule has 0 spiro atoms. The van der Waals surface area contributed by atoms with E-state index in [0.29, 0.717) is 6.04 Å². The van der Waals surface area contributed by atoms with Crippen LogP contribution in [0, 0.1) is 0 Å². The average molecular weight is 268 g/mol. The van der Waals surface area contributed by atoms with E-state index in [-0.39, 0.29) is 0 Å². The zero-order valence-corrected chi connectivity index (χ0v) is 13.8. The maximum absolute atomic E-state index is 3.82. The molecule has 1 aliphatic carbocycles. The Morgan fingerprint density at radius 3 is 2.21 bits per heavy atom. The summed E-state index contributed by atoms with van der Waals surface area (Å²) in [5, 5.41) is 3.82. The highest BCUT2D eigenvalue weighted by Crippen LogP contribution is 2.27. The lowest BCUT2D eigenvalue weighted by atomic mass is 9.96. The van der Waals surface area contributed by atoms with Crippen molar-refractivity contribution in [3.8, 4) is 0 Å². The molecule has 1 fully saturated rings. The van der Waals surface area contributed by atoms with Crippen LogP contribution in [0.2, 0.25) is 0 Å². The molecule has 0 aromatic heterocycles. The number of nitrogens with one attached hydrogen (secondary N) is 1. The van der Waals surface area contributed by atoms with E-state index in [9.17, 15) is 0 Å². The molecule has 1 aliphatic rings. The maximum atomic E-state index is 3.82. The van der Waals surface area contributed by atoms with Crippen molar-refractivity contribution in [2.24, 2.45) is 0 Å². The zero-order valence-electron chi connectivity index (χ0n) is 13.8. The minimum atomic E-state index is 0.690. The van der Waals surface area contributed by atoms with Crippen molar-refractivity contribution in [1.82, 2.24) is 10.2 Å². The largest absolute Gasteiger partial charge is 0.312 e. The van der Waals surface area contributed by atoms with Crippen LogP contribution in [0.25, 0.3) is 0 Å². The SMILES string of the molecule is CCCNC(CCC)C(CC)N(CC)C1CCCC1. The summed E-state index contributed by atoms with van der Waals surface area (Å²) in [5.74, 6) is 0. The van der Waals surface area contributed by atoms with Gasteiger partial charge in [0.2, 0.25) is 0 Å². The predicted molar refractivity (Wildman–Crippen MR) is 85.7 cm³/mol. The predicted octanol–water partition coefficient (Wildman–Crippen LogP) is 4.20. The van der Waals surface area contributed by atoms with Crippen molar-refractivity contribution >= 4 is 0 Å². The normalized spacial score (nSPS) is 20.1. The van der Waals surface area contributed by atoms with E-state index >= 15 is 0 Å². The Morgan fingerprint density at radius 1 is 1.05 bits per heavy atom. The Hall–Kier alpha value is -0.0800. The standard InChI is InChI=1S/C17H36N2/c1-5-11-16(18-14-6-2)17(7-3)19(8-4)15-12-9-10-13-15/h15-18H,5-14H2,1-4H3. The quantitative estimate of drug-likeness (QED) is 0.639. The Bertz CT molecular complexity index is 211. The van der Waals surface area contributed by atoms with Gasteiger partial charge in [0.15, 0.2) is 0 Å². The summed E-state index contributed by atoms with van der Waals surface area (Å²) in [5.41, 5.74) is 0. The molecule has 2 heteroatoms. The molecule has 2 atom stereocenters. The summed E-state index contributed by atoms with van der Waals surface area (Å²) in [6.07, 6.45) is 10.9. The molecule has 0 radical (unpaired) electrons. The van der Waals surface area contributed by atoms with Crippen molar-refractivity contribution in [2.75, 3.05) is 13.1 Å². The summed E-state index contributed by atoms with van der Waals surface area (Å²) in [4.78, 5) is 2.82. The van der Waals surface area contributed by atoms with E-state index in [1.807, 2.05) is 0 Å². The lowest BCUT2D eigenvalue weighted by Gasteiger charge is -2.40. The fourth-order valence-electron chi connectivity index (χ4n) is 3.82. The number of hydrogen-bond donors (Lipinski definition) is 1. The Labute approximate surface area is 121 Å². The molecular formula is C17H36N2. The summed E-state index contributed by atoms with van der Waals surface area (Å²) in [7, 11) is 0. The molecule has 0 saturated heterocycles. The summed E-state index contributed by atoms with van der Waals surface area (Å²) < 4.78 is 0. The molecule has 0 amide bonds. The zero-order chi connectivity index (χ0) is 14.1. The molecule has 1 rings (SSSR count). The monoisotopic (exact) mass is 268 g/mol. The fourth-order valence-corrected chi connectivity index (χ4v) is 3.82. The number of hydrogen-bond acceptors (Lipinski definition) is 2. The lowest BCUT2D eigenvalue weighted by molar-refractivity contribution is 0.105. The third-order valence-corrected chi connectivity index (χ3v) is 4.72. The first-order valence-corrected chi connectivity index (χ1v) is 8.77. The second-order valence-corrected chi connectivity index (χ2v) is 6.09. The van der Waals surface area contributed by atoms with Crippen molar-refractivity contribution in [2.45, 2.75) is 97.2 Å². The van der Waals surface area contributed by atoms with Crippen LogP contribution in [0.5, 0.6) is 0 Å². The van der Waals surface area contributed by atoms with Crippen LogP contribution < -0.4 is 5.32 Å². The third-order valence-electron chi connectivity index (χ3n) is 4.72. The minimum Gasteiger partial charge on any atom is -0.312 e. The van der Waals surface area contributed by atoms with E-state index in [4.69, 9.17) is 0 Å². The summed E-state index contributed by atoms with van der Waals surface area (Å²) in [6.45, 7) is 11.7.